The largest absolute Gasteiger partial charge is 0.356 e. The van der Waals surface area contributed by atoms with E-state index >= 15 is 0 Å². The molecule has 0 aliphatic carbocycles. The third kappa shape index (κ3) is 7.62. The van der Waals surface area contributed by atoms with Crippen molar-refractivity contribution in [1.82, 2.24) is 25.0 Å². The average molecular weight is 516 g/mol. The number of halogens is 1. The zero-order valence-electron chi connectivity index (χ0n) is 17.6. The smallest absolute Gasteiger partial charge is 0.194 e. The number of aromatic nitrogens is 3. The number of thioether (sulfide) groups is 1. The van der Waals surface area contributed by atoms with Crippen molar-refractivity contribution in [3.8, 4) is 0 Å². The number of hydrogen-bond donors (Lipinski definition) is 1. The van der Waals surface area contributed by atoms with E-state index in [4.69, 9.17) is 4.99 Å². The van der Waals surface area contributed by atoms with Crippen LogP contribution in [0, 0.1) is 6.92 Å². The minimum atomic E-state index is 0. The monoisotopic (exact) mass is 516 g/mol. The van der Waals surface area contributed by atoms with Gasteiger partial charge >= 0.3 is 0 Å². The van der Waals surface area contributed by atoms with E-state index in [0.29, 0.717) is 6.54 Å². The second-order valence-electron chi connectivity index (χ2n) is 6.66. The van der Waals surface area contributed by atoms with Crippen LogP contribution in [0.15, 0.2) is 29.3 Å². The molecule has 1 aromatic heterocycles. The maximum Gasteiger partial charge on any atom is 0.194 e. The second kappa shape index (κ2) is 13.0. The molecule has 0 bridgehead atoms. The maximum atomic E-state index is 4.80. The highest BCUT2D eigenvalue weighted by Gasteiger charge is 2.09. The number of benzene rings is 1. The van der Waals surface area contributed by atoms with Crippen molar-refractivity contribution in [1.29, 1.82) is 0 Å². The standard InChI is InChI=1S/C20H32N6S.HI/c1-6-17-8-10-18(11-9-17)15-25(3)20(21-12-7-13-27-5)22-14-19-24-23-16(2)26(19)4;/h8-11H,6-7,12-15H2,1-5H3,(H,21,22);1H. The zero-order chi connectivity index (χ0) is 19.6. The number of hydrogen-bond acceptors (Lipinski definition) is 4. The molecule has 6 nitrogen and oxygen atoms in total. The first-order valence-electron chi connectivity index (χ1n) is 9.46. The van der Waals surface area contributed by atoms with Crippen molar-refractivity contribution >= 4 is 41.7 Å². The van der Waals surface area contributed by atoms with Gasteiger partial charge in [-0.15, -0.1) is 34.2 Å². The normalized spacial score (nSPS) is 11.2. The number of rotatable bonds is 9. The zero-order valence-corrected chi connectivity index (χ0v) is 20.8. The Balaban J connectivity index is 0.00000392. The Morgan fingerprint density at radius 3 is 2.46 bits per heavy atom. The van der Waals surface area contributed by atoms with E-state index in [1.807, 2.05) is 30.3 Å². The molecule has 0 spiro atoms. The SMILES string of the molecule is CCc1ccc(CN(C)C(=NCc2nnc(C)n2C)NCCCSC)cc1.I. The molecule has 0 fully saturated rings. The molecule has 0 aliphatic heterocycles. The topological polar surface area (TPSA) is 58.3 Å². The summed E-state index contributed by atoms with van der Waals surface area (Å²) in [6.45, 7) is 6.38. The molecule has 1 heterocycles. The van der Waals surface area contributed by atoms with Crippen LogP contribution in [-0.2, 0) is 26.6 Å². The van der Waals surface area contributed by atoms with Crippen LogP contribution >= 0.6 is 35.7 Å². The van der Waals surface area contributed by atoms with Crippen molar-refractivity contribution in [3.63, 3.8) is 0 Å². The summed E-state index contributed by atoms with van der Waals surface area (Å²) in [4.78, 5) is 6.97. The van der Waals surface area contributed by atoms with E-state index < -0.39 is 0 Å². The van der Waals surface area contributed by atoms with Crippen LogP contribution in [0.5, 0.6) is 0 Å². The van der Waals surface area contributed by atoms with Gasteiger partial charge in [-0.2, -0.15) is 11.8 Å². The summed E-state index contributed by atoms with van der Waals surface area (Å²) in [7, 11) is 4.06. The summed E-state index contributed by atoms with van der Waals surface area (Å²) in [5, 5.41) is 11.8. The van der Waals surface area contributed by atoms with E-state index in [1.165, 1.54) is 11.1 Å². The van der Waals surface area contributed by atoms with Crippen LogP contribution in [-0.4, -0.2) is 51.2 Å². The Morgan fingerprint density at radius 2 is 1.89 bits per heavy atom. The first-order chi connectivity index (χ1) is 13.0. The second-order valence-corrected chi connectivity index (χ2v) is 7.65. The average Bonchev–Trinajstić information content (AvgIpc) is 3.00. The number of aryl methyl sites for hydroxylation is 2. The van der Waals surface area contributed by atoms with Gasteiger partial charge < -0.3 is 14.8 Å². The molecular weight excluding hydrogens is 483 g/mol. The molecule has 2 rings (SSSR count). The fraction of sp³-hybridized carbons (Fsp3) is 0.550. The molecule has 0 atom stereocenters. The molecule has 156 valence electrons. The van der Waals surface area contributed by atoms with Gasteiger partial charge in [-0.05, 0) is 42.9 Å². The highest BCUT2D eigenvalue weighted by atomic mass is 127. The van der Waals surface area contributed by atoms with Crippen LogP contribution in [0.25, 0.3) is 0 Å². The van der Waals surface area contributed by atoms with Crippen molar-refractivity contribution in [2.24, 2.45) is 12.0 Å². The molecule has 0 amide bonds. The minimum absolute atomic E-state index is 0. The molecule has 1 N–H and O–H groups in total. The van der Waals surface area contributed by atoms with Crippen LogP contribution in [0.1, 0.15) is 36.1 Å². The minimum Gasteiger partial charge on any atom is -0.356 e. The van der Waals surface area contributed by atoms with Gasteiger partial charge in [0, 0.05) is 27.2 Å². The van der Waals surface area contributed by atoms with Gasteiger partial charge in [0.15, 0.2) is 11.8 Å². The van der Waals surface area contributed by atoms with E-state index in [9.17, 15) is 0 Å². The fourth-order valence-corrected chi connectivity index (χ4v) is 3.12. The summed E-state index contributed by atoms with van der Waals surface area (Å²) in [6.07, 6.45) is 4.32. The Labute approximate surface area is 190 Å². The predicted octanol–water partition coefficient (Wildman–Crippen LogP) is 3.63. The predicted molar refractivity (Wildman–Crippen MR) is 131 cm³/mol. The third-order valence-corrected chi connectivity index (χ3v) is 5.27. The molecule has 28 heavy (non-hydrogen) atoms. The van der Waals surface area contributed by atoms with Crippen LogP contribution in [0.3, 0.4) is 0 Å². The molecule has 2 aromatic rings. The van der Waals surface area contributed by atoms with E-state index in [0.717, 1.165) is 49.3 Å². The molecule has 0 saturated heterocycles. The molecule has 1 aromatic carbocycles. The highest BCUT2D eigenvalue weighted by Crippen LogP contribution is 2.08. The van der Waals surface area contributed by atoms with Crippen molar-refractivity contribution < 1.29 is 0 Å². The van der Waals surface area contributed by atoms with Gasteiger partial charge in [0.1, 0.15) is 12.4 Å². The van der Waals surface area contributed by atoms with Gasteiger partial charge in [0.25, 0.3) is 0 Å². The summed E-state index contributed by atoms with van der Waals surface area (Å²) in [5.41, 5.74) is 2.64. The van der Waals surface area contributed by atoms with Gasteiger partial charge in [0.2, 0.25) is 0 Å². The van der Waals surface area contributed by atoms with Crippen molar-refractivity contribution in [3.05, 3.63) is 47.0 Å². The molecular formula is C20H33IN6S. The van der Waals surface area contributed by atoms with Crippen LogP contribution in [0.4, 0.5) is 0 Å². The van der Waals surface area contributed by atoms with E-state index in [2.05, 4.69) is 64.9 Å². The lowest BCUT2D eigenvalue weighted by atomic mass is 10.1. The maximum absolute atomic E-state index is 4.80. The lowest BCUT2D eigenvalue weighted by Crippen LogP contribution is -2.39. The van der Waals surface area contributed by atoms with E-state index in [-0.39, 0.29) is 24.0 Å². The fourth-order valence-electron chi connectivity index (χ4n) is 2.69. The van der Waals surface area contributed by atoms with Gasteiger partial charge in [0.05, 0.1) is 0 Å². The van der Waals surface area contributed by atoms with Crippen LogP contribution in [0.2, 0.25) is 0 Å². The molecule has 8 heteroatoms. The van der Waals surface area contributed by atoms with Gasteiger partial charge in [-0.25, -0.2) is 4.99 Å². The lowest BCUT2D eigenvalue weighted by Gasteiger charge is -2.23. The summed E-state index contributed by atoms with van der Waals surface area (Å²) >= 11 is 1.87. The lowest BCUT2D eigenvalue weighted by molar-refractivity contribution is 0.474. The summed E-state index contributed by atoms with van der Waals surface area (Å²) in [5.74, 6) is 3.82. The van der Waals surface area contributed by atoms with E-state index in [1.54, 1.807) is 0 Å². The first-order valence-corrected chi connectivity index (χ1v) is 10.9. The number of nitrogens with zero attached hydrogens (tertiary/aromatic N) is 5. The van der Waals surface area contributed by atoms with Crippen molar-refractivity contribution in [2.75, 3.05) is 25.6 Å². The quantitative estimate of drug-likeness (QED) is 0.239. The highest BCUT2D eigenvalue weighted by molar-refractivity contribution is 14.0. The Morgan fingerprint density at radius 1 is 1.21 bits per heavy atom. The first kappa shape index (κ1) is 24.7. The Bertz CT molecular complexity index is 729. The molecule has 0 radical (unpaired) electrons. The van der Waals surface area contributed by atoms with Gasteiger partial charge in [-0.3, -0.25) is 0 Å². The number of nitrogens with one attached hydrogen (secondary N) is 1. The molecule has 0 unspecified atom stereocenters. The number of aliphatic imine (C=N–C) groups is 1. The van der Waals surface area contributed by atoms with Crippen molar-refractivity contribution in [2.45, 2.75) is 39.8 Å². The molecule has 0 saturated carbocycles. The molecule has 0 aliphatic rings. The number of guanidine groups is 1. The third-order valence-electron chi connectivity index (χ3n) is 4.57. The Hall–Kier alpha value is -1.29. The summed E-state index contributed by atoms with van der Waals surface area (Å²) < 4.78 is 1.98. The summed E-state index contributed by atoms with van der Waals surface area (Å²) in [6, 6.07) is 8.81. The Kier molecular flexibility index (Phi) is 11.5. The van der Waals surface area contributed by atoms with Gasteiger partial charge in [-0.1, -0.05) is 31.2 Å². The van der Waals surface area contributed by atoms with Crippen LogP contribution < -0.4 is 5.32 Å².